The molecule has 0 heterocycles. The predicted molar refractivity (Wildman–Crippen MR) is 85.2 cm³/mol. The Morgan fingerprint density at radius 2 is 1.80 bits per heavy atom. The second-order valence-corrected chi connectivity index (χ2v) is 6.15. The van der Waals surface area contributed by atoms with Crippen molar-refractivity contribution in [2.75, 3.05) is 7.11 Å². The third kappa shape index (κ3) is 4.09. The molecular weight excluding hydrogens is 316 g/mol. The molecule has 0 aliphatic rings. The van der Waals surface area contributed by atoms with E-state index in [1.165, 1.54) is 0 Å². The van der Waals surface area contributed by atoms with Crippen LogP contribution in [0, 0.1) is 0 Å². The van der Waals surface area contributed by atoms with E-state index in [9.17, 15) is 5.11 Å². The summed E-state index contributed by atoms with van der Waals surface area (Å²) < 4.78 is 6.23. The molecule has 106 valence electrons. The van der Waals surface area contributed by atoms with E-state index in [-0.39, 0.29) is 0 Å². The SMILES string of the molecule is COc1ccc(Br)c(CC(C)(O)Cc2ccccc2)c1. The van der Waals surface area contributed by atoms with Gasteiger partial charge in [0.2, 0.25) is 0 Å². The molecule has 0 saturated heterocycles. The molecule has 0 aliphatic carbocycles. The summed E-state index contributed by atoms with van der Waals surface area (Å²) in [6, 6.07) is 15.9. The van der Waals surface area contributed by atoms with Crippen LogP contribution in [0.4, 0.5) is 0 Å². The number of hydrogen-bond acceptors (Lipinski definition) is 2. The molecule has 0 spiro atoms. The maximum atomic E-state index is 10.6. The summed E-state index contributed by atoms with van der Waals surface area (Å²) in [7, 11) is 1.65. The highest BCUT2D eigenvalue weighted by atomic mass is 79.9. The van der Waals surface area contributed by atoms with E-state index in [1.54, 1.807) is 7.11 Å². The van der Waals surface area contributed by atoms with Crippen molar-refractivity contribution in [3.63, 3.8) is 0 Å². The zero-order valence-corrected chi connectivity index (χ0v) is 13.4. The largest absolute Gasteiger partial charge is 0.497 e. The maximum Gasteiger partial charge on any atom is 0.119 e. The number of ether oxygens (including phenoxy) is 1. The quantitative estimate of drug-likeness (QED) is 0.895. The first-order chi connectivity index (χ1) is 9.50. The number of rotatable bonds is 5. The first-order valence-corrected chi connectivity index (χ1v) is 7.38. The van der Waals surface area contributed by atoms with Gasteiger partial charge in [-0.1, -0.05) is 46.3 Å². The zero-order valence-electron chi connectivity index (χ0n) is 11.8. The standard InChI is InChI=1S/C17H19BrO2/c1-17(19,11-13-6-4-3-5-7-13)12-14-10-15(20-2)8-9-16(14)18/h3-10,19H,11-12H2,1-2H3. The molecule has 2 aromatic carbocycles. The topological polar surface area (TPSA) is 29.5 Å². The van der Waals surface area contributed by atoms with Crippen LogP contribution in [0.25, 0.3) is 0 Å². The van der Waals surface area contributed by atoms with E-state index >= 15 is 0 Å². The van der Waals surface area contributed by atoms with Crippen molar-refractivity contribution in [2.45, 2.75) is 25.4 Å². The molecule has 2 rings (SSSR count). The van der Waals surface area contributed by atoms with Crippen molar-refractivity contribution in [3.05, 3.63) is 64.1 Å². The van der Waals surface area contributed by atoms with E-state index in [0.717, 1.165) is 21.3 Å². The Hall–Kier alpha value is -1.32. The van der Waals surface area contributed by atoms with Gasteiger partial charge in [-0.15, -0.1) is 0 Å². The highest BCUT2D eigenvalue weighted by Gasteiger charge is 2.23. The lowest BCUT2D eigenvalue weighted by molar-refractivity contribution is 0.0606. The molecule has 0 aromatic heterocycles. The molecule has 2 aromatic rings. The first kappa shape index (κ1) is 15.1. The van der Waals surface area contributed by atoms with Gasteiger partial charge in [0.1, 0.15) is 5.75 Å². The van der Waals surface area contributed by atoms with E-state index < -0.39 is 5.60 Å². The molecule has 20 heavy (non-hydrogen) atoms. The third-order valence-corrected chi connectivity index (χ3v) is 4.03. The predicted octanol–water partition coefficient (Wildman–Crippen LogP) is 3.99. The van der Waals surface area contributed by atoms with Crippen LogP contribution in [-0.2, 0) is 12.8 Å². The number of benzene rings is 2. The summed E-state index contributed by atoms with van der Waals surface area (Å²) in [6.07, 6.45) is 1.19. The third-order valence-electron chi connectivity index (χ3n) is 3.25. The maximum absolute atomic E-state index is 10.6. The van der Waals surface area contributed by atoms with Crippen LogP contribution in [0.1, 0.15) is 18.1 Å². The fraction of sp³-hybridized carbons (Fsp3) is 0.294. The van der Waals surface area contributed by atoms with Gasteiger partial charge in [-0.05, 0) is 36.2 Å². The first-order valence-electron chi connectivity index (χ1n) is 6.59. The highest BCUT2D eigenvalue weighted by Crippen LogP contribution is 2.27. The Balaban J connectivity index is 2.15. The molecule has 2 nitrogen and oxygen atoms in total. The number of methoxy groups -OCH3 is 1. The zero-order chi connectivity index (χ0) is 14.6. The molecule has 0 saturated carbocycles. The molecule has 0 bridgehead atoms. The monoisotopic (exact) mass is 334 g/mol. The summed E-state index contributed by atoms with van der Waals surface area (Å²) in [6.45, 7) is 1.87. The van der Waals surface area contributed by atoms with E-state index in [0.29, 0.717) is 12.8 Å². The van der Waals surface area contributed by atoms with Crippen LogP contribution in [0.2, 0.25) is 0 Å². The fourth-order valence-corrected chi connectivity index (χ4v) is 2.71. The Kier molecular flexibility index (Phi) is 4.84. The Bertz CT molecular complexity index is 564. The Labute approximate surface area is 128 Å². The molecule has 1 N–H and O–H groups in total. The van der Waals surface area contributed by atoms with Gasteiger partial charge < -0.3 is 9.84 Å². The van der Waals surface area contributed by atoms with Crippen molar-refractivity contribution in [3.8, 4) is 5.75 Å². The Morgan fingerprint density at radius 3 is 2.45 bits per heavy atom. The van der Waals surface area contributed by atoms with Crippen molar-refractivity contribution in [1.82, 2.24) is 0 Å². The summed E-state index contributed by atoms with van der Waals surface area (Å²) in [5.74, 6) is 0.804. The van der Waals surface area contributed by atoms with Crippen molar-refractivity contribution >= 4 is 15.9 Å². The molecule has 0 amide bonds. The summed E-state index contributed by atoms with van der Waals surface area (Å²) in [5, 5.41) is 10.6. The van der Waals surface area contributed by atoms with Gasteiger partial charge >= 0.3 is 0 Å². The normalized spacial score (nSPS) is 13.8. The average molecular weight is 335 g/mol. The summed E-state index contributed by atoms with van der Waals surface area (Å²) in [4.78, 5) is 0. The summed E-state index contributed by atoms with van der Waals surface area (Å²) in [5.41, 5.74) is 1.39. The second-order valence-electron chi connectivity index (χ2n) is 5.29. The Morgan fingerprint density at radius 1 is 1.10 bits per heavy atom. The second kappa shape index (κ2) is 6.42. The van der Waals surface area contributed by atoms with Gasteiger partial charge in [-0.25, -0.2) is 0 Å². The highest BCUT2D eigenvalue weighted by molar-refractivity contribution is 9.10. The lowest BCUT2D eigenvalue weighted by Crippen LogP contribution is -2.30. The average Bonchev–Trinajstić information content (AvgIpc) is 2.41. The molecule has 1 unspecified atom stereocenters. The number of halogens is 1. The van der Waals surface area contributed by atoms with Gasteiger partial charge in [-0.3, -0.25) is 0 Å². The molecular formula is C17H19BrO2. The van der Waals surface area contributed by atoms with Gasteiger partial charge in [0.05, 0.1) is 12.7 Å². The van der Waals surface area contributed by atoms with Crippen molar-refractivity contribution < 1.29 is 9.84 Å². The van der Waals surface area contributed by atoms with Crippen LogP contribution in [-0.4, -0.2) is 17.8 Å². The molecule has 1 atom stereocenters. The fourth-order valence-electron chi connectivity index (χ4n) is 2.32. The van der Waals surface area contributed by atoms with E-state index in [4.69, 9.17) is 4.74 Å². The lowest BCUT2D eigenvalue weighted by atomic mass is 9.90. The molecule has 0 fully saturated rings. The molecule has 3 heteroatoms. The van der Waals surface area contributed by atoms with Crippen LogP contribution in [0.15, 0.2) is 53.0 Å². The van der Waals surface area contributed by atoms with Gasteiger partial charge in [0.25, 0.3) is 0 Å². The van der Waals surface area contributed by atoms with Crippen LogP contribution < -0.4 is 4.74 Å². The summed E-state index contributed by atoms with van der Waals surface area (Å²) >= 11 is 3.53. The van der Waals surface area contributed by atoms with Gasteiger partial charge in [0, 0.05) is 17.3 Å². The van der Waals surface area contributed by atoms with Gasteiger partial charge in [-0.2, -0.15) is 0 Å². The van der Waals surface area contributed by atoms with Crippen LogP contribution in [0.3, 0.4) is 0 Å². The minimum atomic E-state index is -0.795. The molecule has 0 radical (unpaired) electrons. The minimum Gasteiger partial charge on any atom is -0.497 e. The minimum absolute atomic E-state index is 0.569. The smallest absolute Gasteiger partial charge is 0.119 e. The van der Waals surface area contributed by atoms with Crippen LogP contribution >= 0.6 is 15.9 Å². The van der Waals surface area contributed by atoms with Gasteiger partial charge in [0.15, 0.2) is 0 Å². The van der Waals surface area contributed by atoms with Crippen LogP contribution in [0.5, 0.6) is 5.75 Å². The van der Waals surface area contributed by atoms with Crippen molar-refractivity contribution in [1.29, 1.82) is 0 Å². The van der Waals surface area contributed by atoms with Crippen molar-refractivity contribution in [2.24, 2.45) is 0 Å². The number of hydrogen-bond donors (Lipinski definition) is 1. The van der Waals surface area contributed by atoms with E-state index in [1.807, 2.05) is 55.5 Å². The lowest BCUT2D eigenvalue weighted by Gasteiger charge is -2.24. The van der Waals surface area contributed by atoms with E-state index in [2.05, 4.69) is 15.9 Å². The molecule has 0 aliphatic heterocycles. The number of aliphatic hydroxyl groups is 1.